The van der Waals surface area contributed by atoms with Gasteiger partial charge in [0.1, 0.15) is 18.1 Å². The van der Waals surface area contributed by atoms with Crippen LogP contribution in [0.4, 0.5) is 0 Å². The average Bonchev–Trinajstić information content (AvgIpc) is 3.68. The number of nitrogens with zero attached hydrogens (tertiary/aromatic N) is 4. The standard InChI is InChI=1S/C39H36N4O7S/c1-7-18-49-38(46)34-24(4)40-39-43(36(34)27-15-17-31(50-25(5)44)32(20-27)47-6)37(45)33(51-39)21-28-22-42(29-12-10-9-11-13-29)41-35(28)26-14-16-30(48-8-2)23(3)19-26/h7,9-17,19-22,36H,1,8,18H2,2-6H3/b33-21-. The number of methoxy groups -OCH3 is 1. The van der Waals surface area contributed by atoms with Crippen molar-refractivity contribution in [3.63, 3.8) is 0 Å². The normalized spacial score (nSPS) is 14.1. The van der Waals surface area contributed by atoms with Gasteiger partial charge < -0.3 is 18.9 Å². The third kappa shape index (κ3) is 7.04. The predicted octanol–water partition coefficient (Wildman–Crippen LogP) is 5.46. The summed E-state index contributed by atoms with van der Waals surface area (Å²) < 4.78 is 25.7. The molecule has 0 saturated carbocycles. The topological polar surface area (TPSA) is 123 Å². The number of fused-ring (bicyclic) bond motifs is 1. The zero-order valence-electron chi connectivity index (χ0n) is 28.8. The Bertz CT molecular complexity index is 2370. The maximum absolute atomic E-state index is 14.5. The van der Waals surface area contributed by atoms with Gasteiger partial charge in [-0.2, -0.15) is 5.10 Å². The number of aromatic nitrogens is 3. The van der Waals surface area contributed by atoms with Gasteiger partial charge in [0, 0.05) is 24.2 Å². The Kier molecular flexibility index (Phi) is 10.1. The Hall–Kier alpha value is -6.01. The summed E-state index contributed by atoms with van der Waals surface area (Å²) >= 11 is 1.20. The third-order valence-electron chi connectivity index (χ3n) is 8.13. The minimum atomic E-state index is -0.929. The van der Waals surface area contributed by atoms with Gasteiger partial charge in [-0.05, 0) is 80.4 Å². The number of rotatable bonds is 11. The van der Waals surface area contributed by atoms with Crippen molar-refractivity contribution in [1.82, 2.24) is 14.3 Å². The Balaban J connectivity index is 1.55. The smallest absolute Gasteiger partial charge is 0.338 e. The van der Waals surface area contributed by atoms with Gasteiger partial charge in [0.25, 0.3) is 5.56 Å². The van der Waals surface area contributed by atoms with E-state index < -0.39 is 18.0 Å². The molecule has 0 radical (unpaired) electrons. The molecule has 0 fully saturated rings. The molecular formula is C39H36N4O7S. The lowest BCUT2D eigenvalue weighted by molar-refractivity contribution is -0.138. The molecule has 1 aliphatic rings. The highest BCUT2D eigenvalue weighted by molar-refractivity contribution is 7.07. The number of hydrogen-bond acceptors (Lipinski definition) is 10. The fraction of sp³-hybridized carbons (Fsp3) is 0.205. The van der Waals surface area contributed by atoms with Crippen molar-refractivity contribution in [2.75, 3.05) is 20.3 Å². The monoisotopic (exact) mass is 704 g/mol. The number of carbonyl (C=O) groups excluding carboxylic acids is 2. The first-order valence-corrected chi connectivity index (χ1v) is 17.0. The second-order valence-corrected chi connectivity index (χ2v) is 12.6. The molecule has 0 saturated heterocycles. The number of hydrogen-bond donors (Lipinski definition) is 0. The Morgan fingerprint density at radius 2 is 1.78 bits per heavy atom. The first kappa shape index (κ1) is 34.8. The van der Waals surface area contributed by atoms with Crippen LogP contribution in [0.25, 0.3) is 23.0 Å². The average molecular weight is 705 g/mol. The number of benzene rings is 3. The van der Waals surface area contributed by atoms with Crippen molar-refractivity contribution in [2.45, 2.75) is 33.7 Å². The fourth-order valence-electron chi connectivity index (χ4n) is 5.89. The van der Waals surface area contributed by atoms with Gasteiger partial charge in [0.2, 0.25) is 0 Å². The Morgan fingerprint density at radius 1 is 1.02 bits per heavy atom. The van der Waals surface area contributed by atoms with E-state index in [0.717, 1.165) is 22.6 Å². The molecule has 260 valence electrons. The second-order valence-electron chi connectivity index (χ2n) is 11.6. The van der Waals surface area contributed by atoms with Gasteiger partial charge in [0.15, 0.2) is 16.3 Å². The lowest BCUT2D eigenvalue weighted by Gasteiger charge is -2.25. The molecule has 0 aliphatic carbocycles. The molecule has 0 spiro atoms. The number of aryl methyl sites for hydroxylation is 1. The summed E-state index contributed by atoms with van der Waals surface area (Å²) in [5.74, 6) is 0.0746. The molecule has 5 aromatic rings. The molecule has 2 aromatic heterocycles. The summed E-state index contributed by atoms with van der Waals surface area (Å²) in [6, 6.07) is 19.5. The van der Waals surface area contributed by atoms with Gasteiger partial charge in [-0.1, -0.05) is 48.3 Å². The van der Waals surface area contributed by atoms with E-state index in [1.165, 1.54) is 36.0 Å². The predicted molar refractivity (Wildman–Crippen MR) is 194 cm³/mol. The molecule has 6 rings (SSSR count). The molecule has 3 heterocycles. The van der Waals surface area contributed by atoms with E-state index in [-0.39, 0.29) is 29.2 Å². The van der Waals surface area contributed by atoms with E-state index >= 15 is 0 Å². The van der Waals surface area contributed by atoms with Crippen molar-refractivity contribution >= 4 is 29.4 Å². The van der Waals surface area contributed by atoms with Gasteiger partial charge in [-0.15, -0.1) is 0 Å². The molecule has 51 heavy (non-hydrogen) atoms. The number of para-hydroxylation sites is 1. The van der Waals surface area contributed by atoms with E-state index in [9.17, 15) is 14.4 Å². The third-order valence-corrected chi connectivity index (χ3v) is 9.11. The highest BCUT2D eigenvalue weighted by Gasteiger charge is 2.34. The van der Waals surface area contributed by atoms with Crippen LogP contribution in [-0.2, 0) is 14.3 Å². The lowest BCUT2D eigenvalue weighted by atomic mass is 9.95. The molecule has 12 heteroatoms. The van der Waals surface area contributed by atoms with Crippen molar-refractivity contribution in [3.8, 4) is 34.2 Å². The SMILES string of the molecule is C=CCOC(=O)C1=C(C)N=c2s/c(=C\c3cn(-c4ccccc4)nc3-c3ccc(OCC)c(C)c3)c(=O)n2C1c1ccc(OC(C)=O)c(OC)c1. The summed E-state index contributed by atoms with van der Waals surface area (Å²) in [5.41, 5.74) is 4.77. The van der Waals surface area contributed by atoms with Crippen molar-refractivity contribution < 1.29 is 28.5 Å². The summed E-state index contributed by atoms with van der Waals surface area (Å²) in [6.45, 7) is 11.1. The molecule has 0 N–H and O–H groups in total. The molecule has 1 atom stereocenters. The van der Waals surface area contributed by atoms with Crippen LogP contribution in [0.5, 0.6) is 17.2 Å². The van der Waals surface area contributed by atoms with Crippen LogP contribution in [0, 0.1) is 6.92 Å². The van der Waals surface area contributed by atoms with Gasteiger partial charge >= 0.3 is 11.9 Å². The molecule has 0 bridgehead atoms. The van der Waals surface area contributed by atoms with E-state index in [0.29, 0.717) is 38.5 Å². The van der Waals surface area contributed by atoms with Gasteiger partial charge in [0.05, 0.1) is 41.2 Å². The zero-order valence-corrected chi connectivity index (χ0v) is 29.7. The molecule has 0 amide bonds. The number of allylic oxidation sites excluding steroid dienone is 1. The number of ether oxygens (including phenoxy) is 4. The molecule has 3 aromatic carbocycles. The first-order valence-electron chi connectivity index (χ1n) is 16.2. The van der Waals surface area contributed by atoms with E-state index in [1.54, 1.807) is 35.9 Å². The van der Waals surface area contributed by atoms with E-state index in [2.05, 4.69) is 6.58 Å². The highest BCUT2D eigenvalue weighted by atomic mass is 32.1. The molecule has 11 nitrogen and oxygen atoms in total. The highest BCUT2D eigenvalue weighted by Crippen LogP contribution is 2.36. The maximum atomic E-state index is 14.5. The van der Waals surface area contributed by atoms with Crippen LogP contribution in [-0.4, -0.2) is 46.6 Å². The van der Waals surface area contributed by atoms with Crippen LogP contribution in [0.15, 0.2) is 107 Å². The largest absolute Gasteiger partial charge is 0.494 e. The molecule has 1 aliphatic heterocycles. The number of carbonyl (C=O) groups is 2. The Morgan fingerprint density at radius 3 is 2.47 bits per heavy atom. The molecule has 1 unspecified atom stereocenters. The summed E-state index contributed by atoms with van der Waals surface area (Å²) in [7, 11) is 1.44. The van der Waals surface area contributed by atoms with Crippen LogP contribution in [0.3, 0.4) is 0 Å². The molecular weight excluding hydrogens is 669 g/mol. The minimum absolute atomic E-state index is 0.0271. The van der Waals surface area contributed by atoms with Crippen LogP contribution in [0.2, 0.25) is 0 Å². The fourth-order valence-corrected chi connectivity index (χ4v) is 6.93. The first-order chi connectivity index (χ1) is 24.6. The van der Waals surface area contributed by atoms with Crippen LogP contribution in [0.1, 0.15) is 43.5 Å². The lowest BCUT2D eigenvalue weighted by Crippen LogP contribution is -2.40. The summed E-state index contributed by atoms with van der Waals surface area (Å²) in [4.78, 5) is 44.9. The minimum Gasteiger partial charge on any atom is -0.494 e. The summed E-state index contributed by atoms with van der Waals surface area (Å²) in [5, 5.41) is 4.95. The van der Waals surface area contributed by atoms with Crippen molar-refractivity contribution in [2.24, 2.45) is 4.99 Å². The van der Waals surface area contributed by atoms with Gasteiger partial charge in [-0.25, -0.2) is 14.5 Å². The van der Waals surface area contributed by atoms with E-state index in [1.807, 2.05) is 68.6 Å². The van der Waals surface area contributed by atoms with Gasteiger partial charge in [-0.3, -0.25) is 14.2 Å². The zero-order chi connectivity index (χ0) is 36.2. The van der Waals surface area contributed by atoms with Crippen molar-refractivity contribution in [3.05, 3.63) is 133 Å². The van der Waals surface area contributed by atoms with E-state index in [4.69, 9.17) is 29.0 Å². The second kappa shape index (κ2) is 14.9. The van der Waals surface area contributed by atoms with Crippen molar-refractivity contribution in [1.29, 1.82) is 0 Å². The van der Waals surface area contributed by atoms with Crippen LogP contribution >= 0.6 is 11.3 Å². The maximum Gasteiger partial charge on any atom is 0.338 e. The number of esters is 2. The van der Waals surface area contributed by atoms with Crippen LogP contribution < -0.4 is 29.1 Å². The summed E-state index contributed by atoms with van der Waals surface area (Å²) in [6.07, 6.45) is 5.15. The Labute approximate surface area is 298 Å². The number of thiazole rings is 1. The quantitative estimate of drug-likeness (QED) is 0.101.